The first-order valence-corrected chi connectivity index (χ1v) is 11.3. The third kappa shape index (κ3) is 4.56. The van der Waals surface area contributed by atoms with Crippen molar-refractivity contribution in [1.82, 2.24) is 10.2 Å². The van der Waals surface area contributed by atoms with Gasteiger partial charge in [0.25, 0.3) is 16.0 Å². The van der Waals surface area contributed by atoms with E-state index in [-0.39, 0.29) is 10.8 Å². The van der Waals surface area contributed by atoms with Gasteiger partial charge in [0.2, 0.25) is 0 Å². The molecule has 2 saturated heterocycles. The zero-order valence-electron chi connectivity index (χ0n) is 16.6. The lowest BCUT2D eigenvalue weighted by Crippen LogP contribution is -2.43. The highest BCUT2D eigenvalue weighted by Gasteiger charge is 2.38. The molecule has 5 rings (SSSR count). The summed E-state index contributed by atoms with van der Waals surface area (Å²) in [4.78, 5) is 14.6. The van der Waals surface area contributed by atoms with Gasteiger partial charge < -0.3 is 14.6 Å². The minimum Gasteiger partial charge on any atom is -0.464 e. The van der Waals surface area contributed by atoms with E-state index >= 15 is 0 Å². The predicted molar refractivity (Wildman–Crippen MR) is 113 cm³/mol. The Balaban J connectivity index is 0.000000170. The fourth-order valence-corrected chi connectivity index (χ4v) is 4.50. The van der Waals surface area contributed by atoms with Gasteiger partial charge in [-0.1, -0.05) is 17.7 Å². The van der Waals surface area contributed by atoms with Crippen LogP contribution in [-0.2, 0) is 10.1 Å². The van der Waals surface area contributed by atoms with Gasteiger partial charge in [-0.05, 0) is 62.2 Å². The van der Waals surface area contributed by atoms with Gasteiger partial charge in [0, 0.05) is 30.1 Å². The standard InChI is InChI=1S/C15H16N2O2.C7H8O3S/c18-15(16-13-9-17-5-3-12(13)8-17)11-1-2-14-10(7-11)4-6-19-14;1-6-2-4-7(5-3-6)11(8,9)10/h1-2,4,6-7,12-13H,3,5,8-9H2,(H,16,18);2-5H,1H3,(H,8,9,10)/t12-,13?;/m0./s1. The fraction of sp³-hybridized carbons (Fsp3) is 0.318. The molecule has 3 heterocycles. The van der Waals surface area contributed by atoms with Crippen molar-refractivity contribution >= 4 is 27.0 Å². The van der Waals surface area contributed by atoms with E-state index in [2.05, 4.69) is 10.2 Å². The summed E-state index contributed by atoms with van der Waals surface area (Å²) in [5.74, 6) is 0.670. The van der Waals surface area contributed by atoms with Crippen LogP contribution in [0.5, 0.6) is 0 Å². The molecule has 158 valence electrons. The molecule has 0 saturated carbocycles. The number of nitrogens with one attached hydrogen (secondary N) is 1. The van der Waals surface area contributed by atoms with E-state index in [0.29, 0.717) is 17.5 Å². The average molecular weight is 429 g/mol. The van der Waals surface area contributed by atoms with Crippen LogP contribution in [0.1, 0.15) is 22.3 Å². The molecule has 2 N–H and O–H groups in total. The van der Waals surface area contributed by atoms with Crippen LogP contribution in [0.4, 0.5) is 0 Å². The zero-order valence-corrected chi connectivity index (χ0v) is 17.4. The molecular formula is C22H24N2O5S. The normalized spacial score (nSPS) is 22.5. The highest BCUT2D eigenvalue weighted by Crippen LogP contribution is 2.28. The first-order valence-electron chi connectivity index (χ1n) is 9.84. The lowest BCUT2D eigenvalue weighted by atomic mass is 9.99. The van der Waals surface area contributed by atoms with E-state index in [1.165, 1.54) is 25.1 Å². The Morgan fingerprint density at radius 1 is 1.13 bits per heavy atom. The number of furan rings is 1. The smallest absolute Gasteiger partial charge is 0.294 e. The second kappa shape index (κ2) is 8.22. The molecule has 2 fully saturated rings. The van der Waals surface area contributed by atoms with Gasteiger partial charge >= 0.3 is 0 Å². The van der Waals surface area contributed by atoms with Crippen LogP contribution in [0.15, 0.2) is 64.1 Å². The quantitative estimate of drug-likeness (QED) is 0.622. The summed E-state index contributed by atoms with van der Waals surface area (Å²) < 4.78 is 34.8. The molecule has 2 aliphatic rings. The highest BCUT2D eigenvalue weighted by molar-refractivity contribution is 7.85. The van der Waals surface area contributed by atoms with Crippen molar-refractivity contribution in [3.8, 4) is 0 Å². The number of amides is 1. The molecule has 0 radical (unpaired) electrons. The number of benzene rings is 2. The highest BCUT2D eigenvalue weighted by atomic mass is 32.2. The van der Waals surface area contributed by atoms with Crippen LogP contribution in [0.25, 0.3) is 11.0 Å². The van der Waals surface area contributed by atoms with Crippen molar-refractivity contribution in [3.63, 3.8) is 0 Å². The third-order valence-electron chi connectivity index (χ3n) is 5.68. The number of piperidine rings is 1. The second-order valence-corrected chi connectivity index (χ2v) is 9.27. The van der Waals surface area contributed by atoms with Gasteiger partial charge in [-0.25, -0.2) is 0 Å². The topological polar surface area (TPSA) is 99.8 Å². The fourth-order valence-electron chi connectivity index (χ4n) is 4.02. The van der Waals surface area contributed by atoms with Crippen molar-refractivity contribution in [2.75, 3.05) is 19.6 Å². The van der Waals surface area contributed by atoms with Gasteiger partial charge in [0.15, 0.2) is 0 Å². The zero-order chi connectivity index (χ0) is 21.3. The molecule has 2 aliphatic heterocycles. The Morgan fingerprint density at radius 2 is 1.90 bits per heavy atom. The predicted octanol–water partition coefficient (Wildman–Crippen LogP) is 3.11. The second-order valence-electron chi connectivity index (χ2n) is 7.85. The number of hydrogen-bond acceptors (Lipinski definition) is 5. The van der Waals surface area contributed by atoms with E-state index in [9.17, 15) is 13.2 Å². The number of hydrogen-bond donors (Lipinski definition) is 2. The molecule has 8 heteroatoms. The first-order chi connectivity index (χ1) is 14.3. The Hall–Kier alpha value is -2.68. The SMILES string of the molecule is Cc1ccc(S(=O)(=O)O)cc1.O=C(NC1CN2CC[C@H]1C2)c1ccc2occc2c1. The van der Waals surface area contributed by atoms with E-state index in [1.807, 2.05) is 31.2 Å². The number of nitrogens with zero attached hydrogens (tertiary/aromatic N) is 1. The molecule has 2 aromatic carbocycles. The number of rotatable bonds is 3. The van der Waals surface area contributed by atoms with Gasteiger partial charge in [0.05, 0.1) is 11.2 Å². The number of carbonyl (C=O) groups excluding carboxylic acids is 1. The summed E-state index contributed by atoms with van der Waals surface area (Å²) in [6.07, 6.45) is 2.86. The molecule has 3 atom stereocenters. The van der Waals surface area contributed by atoms with E-state index in [4.69, 9.17) is 8.97 Å². The Labute approximate surface area is 175 Å². The summed E-state index contributed by atoms with van der Waals surface area (Å²) in [6, 6.07) is 13.8. The minimum atomic E-state index is -4.02. The Morgan fingerprint density at radius 3 is 2.53 bits per heavy atom. The van der Waals surface area contributed by atoms with Crippen molar-refractivity contribution < 1.29 is 22.2 Å². The molecular weight excluding hydrogens is 404 g/mol. The summed E-state index contributed by atoms with van der Waals surface area (Å²) in [5, 5.41) is 4.15. The molecule has 0 aliphatic carbocycles. The van der Waals surface area contributed by atoms with Crippen molar-refractivity contribution in [2.45, 2.75) is 24.3 Å². The van der Waals surface area contributed by atoms with E-state index in [0.717, 1.165) is 29.6 Å². The average Bonchev–Trinajstić information content (AvgIpc) is 3.44. The van der Waals surface area contributed by atoms with Crippen LogP contribution in [-0.4, -0.2) is 49.5 Å². The van der Waals surface area contributed by atoms with Crippen LogP contribution < -0.4 is 5.32 Å². The lowest BCUT2D eigenvalue weighted by molar-refractivity contribution is 0.0924. The van der Waals surface area contributed by atoms with Crippen LogP contribution in [0.2, 0.25) is 0 Å². The molecule has 3 aromatic rings. The van der Waals surface area contributed by atoms with Crippen LogP contribution >= 0.6 is 0 Å². The summed E-state index contributed by atoms with van der Waals surface area (Å²) in [7, 11) is -4.02. The monoisotopic (exact) mass is 428 g/mol. The maximum Gasteiger partial charge on any atom is 0.294 e. The number of aryl methyl sites for hydroxylation is 1. The van der Waals surface area contributed by atoms with Crippen molar-refractivity contribution in [2.24, 2.45) is 5.92 Å². The van der Waals surface area contributed by atoms with Crippen LogP contribution in [0, 0.1) is 12.8 Å². The molecule has 2 unspecified atom stereocenters. The maximum absolute atomic E-state index is 12.3. The minimum absolute atomic E-state index is 0.0295. The maximum atomic E-state index is 12.3. The van der Waals surface area contributed by atoms with E-state index < -0.39 is 10.1 Å². The Kier molecular flexibility index (Phi) is 5.64. The summed E-state index contributed by atoms with van der Waals surface area (Å²) in [6.45, 7) is 5.18. The van der Waals surface area contributed by atoms with Crippen LogP contribution in [0.3, 0.4) is 0 Å². The van der Waals surface area contributed by atoms with Gasteiger partial charge in [0.1, 0.15) is 5.58 Å². The lowest BCUT2D eigenvalue weighted by Gasteiger charge is -2.23. The number of carbonyl (C=O) groups is 1. The third-order valence-corrected chi connectivity index (χ3v) is 6.55. The molecule has 30 heavy (non-hydrogen) atoms. The van der Waals surface area contributed by atoms with Gasteiger partial charge in [-0.2, -0.15) is 8.42 Å². The summed E-state index contributed by atoms with van der Waals surface area (Å²) >= 11 is 0. The Bertz CT molecular complexity index is 1150. The van der Waals surface area contributed by atoms with Crippen molar-refractivity contribution in [3.05, 3.63) is 65.9 Å². The molecule has 1 amide bonds. The molecule has 2 bridgehead atoms. The largest absolute Gasteiger partial charge is 0.464 e. The van der Waals surface area contributed by atoms with E-state index in [1.54, 1.807) is 18.4 Å². The van der Waals surface area contributed by atoms with Gasteiger partial charge in [-0.15, -0.1) is 0 Å². The molecule has 1 aromatic heterocycles. The first kappa shape index (κ1) is 20.6. The molecule has 7 nitrogen and oxygen atoms in total. The molecule has 0 spiro atoms. The van der Waals surface area contributed by atoms with Crippen molar-refractivity contribution in [1.29, 1.82) is 0 Å². The summed E-state index contributed by atoms with van der Waals surface area (Å²) in [5.41, 5.74) is 2.49. The number of fused-ring (bicyclic) bond motifs is 3. The van der Waals surface area contributed by atoms with Gasteiger partial charge in [-0.3, -0.25) is 9.35 Å².